The standard InChI is InChI=1S/C14H17Cl2NO3/c1-19-12-4-2-10(3-5-12)8-20-9-13(18)17-11-6-14(15,16)7-11/h2-5,11H,6-9H2,1H3,(H,17,18). The molecular weight excluding hydrogens is 301 g/mol. The second-order valence-corrected chi connectivity index (χ2v) is 6.51. The van der Waals surface area contributed by atoms with Crippen LogP contribution in [0, 0.1) is 0 Å². The molecule has 0 heterocycles. The van der Waals surface area contributed by atoms with E-state index in [1.807, 2.05) is 24.3 Å². The van der Waals surface area contributed by atoms with Crippen molar-refractivity contribution in [3.05, 3.63) is 29.8 Å². The Labute approximate surface area is 128 Å². The van der Waals surface area contributed by atoms with Gasteiger partial charge in [-0.2, -0.15) is 0 Å². The summed E-state index contributed by atoms with van der Waals surface area (Å²) in [6.45, 7) is 0.414. The molecule has 0 atom stereocenters. The summed E-state index contributed by atoms with van der Waals surface area (Å²) in [5.41, 5.74) is 0.989. The van der Waals surface area contributed by atoms with E-state index < -0.39 is 4.33 Å². The van der Waals surface area contributed by atoms with E-state index in [0.29, 0.717) is 19.4 Å². The minimum Gasteiger partial charge on any atom is -0.497 e. The van der Waals surface area contributed by atoms with Gasteiger partial charge in [0.2, 0.25) is 5.91 Å². The molecule has 0 unspecified atom stereocenters. The highest BCUT2D eigenvalue weighted by molar-refractivity contribution is 6.49. The first-order chi connectivity index (χ1) is 9.48. The predicted octanol–water partition coefficient (Wildman–Crippen LogP) is 2.66. The molecule has 1 aliphatic carbocycles. The van der Waals surface area contributed by atoms with Crippen molar-refractivity contribution in [2.75, 3.05) is 13.7 Å². The second-order valence-electron chi connectivity index (χ2n) is 4.87. The molecule has 1 fully saturated rings. The van der Waals surface area contributed by atoms with Gasteiger partial charge in [-0.1, -0.05) is 12.1 Å². The number of alkyl halides is 2. The van der Waals surface area contributed by atoms with Crippen LogP contribution >= 0.6 is 23.2 Å². The fourth-order valence-corrected chi connectivity index (χ4v) is 2.76. The van der Waals surface area contributed by atoms with Crippen LogP contribution in [0.4, 0.5) is 0 Å². The number of methoxy groups -OCH3 is 1. The molecule has 1 aromatic carbocycles. The normalized spacial score (nSPS) is 17.4. The van der Waals surface area contributed by atoms with Crippen LogP contribution in [0.25, 0.3) is 0 Å². The minimum atomic E-state index is -0.679. The zero-order valence-corrected chi connectivity index (χ0v) is 12.7. The van der Waals surface area contributed by atoms with E-state index in [1.54, 1.807) is 7.11 Å². The summed E-state index contributed by atoms with van der Waals surface area (Å²) in [6, 6.07) is 7.57. The number of hydrogen-bond acceptors (Lipinski definition) is 3. The molecule has 0 aromatic heterocycles. The van der Waals surface area contributed by atoms with E-state index in [4.69, 9.17) is 32.7 Å². The van der Waals surface area contributed by atoms with Gasteiger partial charge in [0.15, 0.2) is 0 Å². The summed E-state index contributed by atoms with van der Waals surface area (Å²) in [5.74, 6) is 0.648. The molecule has 6 heteroatoms. The highest BCUT2D eigenvalue weighted by Gasteiger charge is 2.41. The predicted molar refractivity (Wildman–Crippen MR) is 78.3 cm³/mol. The number of nitrogens with one attached hydrogen (secondary N) is 1. The second kappa shape index (κ2) is 6.66. The van der Waals surface area contributed by atoms with Gasteiger partial charge in [-0.15, -0.1) is 23.2 Å². The smallest absolute Gasteiger partial charge is 0.246 e. The molecule has 4 nitrogen and oxygen atoms in total. The summed E-state index contributed by atoms with van der Waals surface area (Å²) in [4.78, 5) is 11.6. The maximum atomic E-state index is 11.6. The SMILES string of the molecule is COc1ccc(COCC(=O)NC2CC(Cl)(Cl)C2)cc1. The molecule has 1 aliphatic rings. The van der Waals surface area contributed by atoms with E-state index in [1.165, 1.54) is 0 Å². The minimum absolute atomic E-state index is 0.0279. The Morgan fingerprint density at radius 1 is 1.35 bits per heavy atom. The molecule has 2 rings (SSSR count). The molecule has 0 bridgehead atoms. The van der Waals surface area contributed by atoms with Crippen LogP contribution in [0.1, 0.15) is 18.4 Å². The van der Waals surface area contributed by atoms with Crippen molar-refractivity contribution in [2.45, 2.75) is 29.8 Å². The lowest BCUT2D eigenvalue weighted by Gasteiger charge is -2.38. The van der Waals surface area contributed by atoms with E-state index in [2.05, 4.69) is 5.32 Å². The van der Waals surface area contributed by atoms with E-state index >= 15 is 0 Å². The van der Waals surface area contributed by atoms with Crippen LogP contribution < -0.4 is 10.1 Å². The first-order valence-corrected chi connectivity index (χ1v) is 7.12. The Bertz CT molecular complexity index is 454. The average Bonchev–Trinajstić information content (AvgIpc) is 2.37. The Kier molecular flexibility index (Phi) is 5.13. The highest BCUT2D eigenvalue weighted by atomic mass is 35.5. The summed E-state index contributed by atoms with van der Waals surface area (Å²) in [6.07, 6.45) is 1.17. The van der Waals surface area contributed by atoms with Gasteiger partial charge in [-0.3, -0.25) is 4.79 Å². The zero-order valence-electron chi connectivity index (χ0n) is 11.2. The first-order valence-electron chi connectivity index (χ1n) is 6.36. The van der Waals surface area contributed by atoms with Crippen molar-refractivity contribution < 1.29 is 14.3 Å². The van der Waals surface area contributed by atoms with Gasteiger partial charge in [0, 0.05) is 18.9 Å². The van der Waals surface area contributed by atoms with Gasteiger partial charge in [-0.25, -0.2) is 0 Å². The van der Waals surface area contributed by atoms with Crippen molar-refractivity contribution in [1.29, 1.82) is 0 Å². The molecule has 1 N–H and O–H groups in total. The van der Waals surface area contributed by atoms with Crippen LogP contribution in [0.2, 0.25) is 0 Å². The Balaban J connectivity index is 1.64. The van der Waals surface area contributed by atoms with Gasteiger partial charge in [-0.05, 0) is 17.7 Å². The van der Waals surface area contributed by atoms with Crippen LogP contribution in [0.15, 0.2) is 24.3 Å². The van der Waals surface area contributed by atoms with Crippen molar-refractivity contribution in [1.82, 2.24) is 5.32 Å². The number of rotatable bonds is 6. The molecule has 1 saturated carbocycles. The summed E-state index contributed by atoms with van der Waals surface area (Å²) in [5, 5.41) is 2.82. The molecule has 110 valence electrons. The van der Waals surface area contributed by atoms with E-state index in [9.17, 15) is 4.79 Å². The highest BCUT2D eigenvalue weighted by Crippen LogP contribution is 2.42. The number of benzene rings is 1. The van der Waals surface area contributed by atoms with Crippen molar-refractivity contribution in [2.24, 2.45) is 0 Å². The lowest BCUT2D eigenvalue weighted by Crippen LogP contribution is -2.50. The molecular formula is C14H17Cl2NO3. The topological polar surface area (TPSA) is 47.6 Å². The van der Waals surface area contributed by atoms with E-state index in [-0.39, 0.29) is 18.6 Å². The number of hydrogen-bond donors (Lipinski definition) is 1. The lowest BCUT2D eigenvalue weighted by atomic mass is 9.91. The van der Waals surface area contributed by atoms with Crippen molar-refractivity contribution in [3.63, 3.8) is 0 Å². The lowest BCUT2D eigenvalue weighted by molar-refractivity contribution is -0.127. The quantitative estimate of drug-likeness (QED) is 0.820. The molecule has 1 aromatic rings. The van der Waals surface area contributed by atoms with E-state index in [0.717, 1.165) is 11.3 Å². The van der Waals surface area contributed by atoms with Crippen LogP contribution in [0.3, 0.4) is 0 Å². The third-order valence-electron chi connectivity index (χ3n) is 3.12. The number of ether oxygens (including phenoxy) is 2. The Morgan fingerprint density at radius 3 is 2.55 bits per heavy atom. The molecule has 0 spiro atoms. The van der Waals surface area contributed by atoms with Gasteiger partial charge < -0.3 is 14.8 Å². The van der Waals surface area contributed by atoms with Crippen LogP contribution in [-0.4, -0.2) is 30.0 Å². The summed E-state index contributed by atoms with van der Waals surface area (Å²) in [7, 11) is 1.62. The molecule has 1 amide bonds. The van der Waals surface area contributed by atoms with Crippen LogP contribution in [0.5, 0.6) is 5.75 Å². The van der Waals surface area contributed by atoms with Crippen molar-refractivity contribution >= 4 is 29.1 Å². The largest absolute Gasteiger partial charge is 0.497 e. The number of carbonyl (C=O) groups is 1. The first kappa shape index (κ1) is 15.4. The summed E-state index contributed by atoms with van der Waals surface area (Å²) < 4.78 is 9.74. The summed E-state index contributed by atoms with van der Waals surface area (Å²) >= 11 is 11.7. The Morgan fingerprint density at radius 2 is 2.00 bits per heavy atom. The molecule has 20 heavy (non-hydrogen) atoms. The maximum absolute atomic E-state index is 11.6. The zero-order chi connectivity index (χ0) is 14.6. The fourth-order valence-electron chi connectivity index (χ4n) is 2.02. The van der Waals surface area contributed by atoms with Gasteiger partial charge in [0.25, 0.3) is 0 Å². The van der Waals surface area contributed by atoms with Crippen LogP contribution in [-0.2, 0) is 16.1 Å². The molecule has 0 saturated heterocycles. The van der Waals surface area contributed by atoms with Gasteiger partial charge in [0.05, 0.1) is 13.7 Å². The molecule has 0 aliphatic heterocycles. The third-order valence-corrected chi connectivity index (χ3v) is 3.73. The van der Waals surface area contributed by atoms with Crippen molar-refractivity contribution in [3.8, 4) is 5.75 Å². The van der Waals surface area contributed by atoms with Gasteiger partial charge >= 0.3 is 0 Å². The average molecular weight is 318 g/mol. The third kappa shape index (κ3) is 4.54. The maximum Gasteiger partial charge on any atom is 0.246 e. The molecule has 0 radical (unpaired) electrons. The number of carbonyl (C=O) groups excluding carboxylic acids is 1. The number of amides is 1. The monoisotopic (exact) mass is 317 g/mol. The van der Waals surface area contributed by atoms with Gasteiger partial charge in [0.1, 0.15) is 16.7 Å². The fraction of sp³-hybridized carbons (Fsp3) is 0.500. The number of halogens is 2. The Hall–Kier alpha value is -0.970.